The molecule has 2 heterocycles. The minimum atomic E-state index is 0.0376. The molecule has 1 unspecified atom stereocenters. The van der Waals surface area contributed by atoms with Gasteiger partial charge in [-0.15, -0.1) is 0 Å². The third-order valence-corrected chi connectivity index (χ3v) is 3.99. The number of nitrogens with zero attached hydrogens (tertiary/aromatic N) is 2. The monoisotopic (exact) mass is 327 g/mol. The van der Waals surface area contributed by atoms with Crippen LogP contribution >= 0.6 is 34.9 Å². The van der Waals surface area contributed by atoms with E-state index in [1.54, 1.807) is 6.07 Å². The number of rotatable bonds is 3. The molecule has 2 aromatic heterocycles. The molecule has 20 heavy (non-hydrogen) atoms. The van der Waals surface area contributed by atoms with Crippen molar-refractivity contribution in [2.24, 2.45) is 5.73 Å². The first-order valence-electron chi connectivity index (χ1n) is 6.01. The molecule has 0 aliphatic rings. The lowest BCUT2D eigenvalue weighted by molar-refractivity contribution is 0.503. The Bertz CT molecular complexity index is 766. The van der Waals surface area contributed by atoms with Crippen molar-refractivity contribution in [3.8, 4) is 11.3 Å². The van der Waals surface area contributed by atoms with Crippen LogP contribution in [0.25, 0.3) is 22.4 Å². The van der Waals surface area contributed by atoms with Crippen molar-refractivity contribution < 1.29 is 4.42 Å². The predicted octanol–water partition coefficient (Wildman–Crippen LogP) is 4.15. The van der Waals surface area contributed by atoms with Crippen molar-refractivity contribution >= 4 is 46.0 Å². The summed E-state index contributed by atoms with van der Waals surface area (Å²) in [6.07, 6.45) is 0.670. The van der Waals surface area contributed by atoms with E-state index in [0.29, 0.717) is 33.3 Å². The molecule has 7 heteroatoms. The van der Waals surface area contributed by atoms with Gasteiger partial charge in [-0.25, -0.2) is 0 Å². The van der Waals surface area contributed by atoms with Crippen molar-refractivity contribution in [2.75, 3.05) is 0 Å². The van der Waals surface area contributed by atoms with Crippen LogP contribution in [-0.4, -0.2) is 14.8 Å². The van der Waals surface area contributed by atoms with E-state index in [1.807, 2.05) is 19.1 Å². The van der Waals surface area contributed by atoms with Crippen LogP contribution in [0.15, 0.2) is 22.6 Å². The number of benzene rings is 1. The van der Waals surface area contributed by atoms with Crippen molar-refractivity contribution in [3.05, 3.63) is 34.0 Å². The maximum absolute atomic E-state index is 6.28. The van der Waals surface area contributed by atoms with Crippen LogP contribution in [0.3, 0.4) is 0 Å². The summed E-state index contributed by atoms with van der Waals surface area (Å²) < 4.78 is 14.3. The highest BCUT2D eigenvalue weighted by Crippen LogP contribution is 2.38. The molecule has 3 aromatic rings. The molecule has 0 saturated heterocycles. The number of hydrogen-bond donors (Lipinski definition) is 1. The minimum Gasteiger partial charge on any atom is -0.461 e. The Morgan fingerprint density at radius 1 is 1.25 bits per heavy atom. The smallest absolute Gasteiger partial charge is 0.138 e. The standard InChI is InChI=1S/C13H11Cl2N3OS/c1-6(16)4-7-2-3-10(19-7)11-8(14)5-9(15)12-13(11)18-20-17-12/h2-3,5-6H,4,16H2,1H3. The molecule has 104 valence electrons. The van der Waals surface area contributed by atoms with E-state index in [2.05, 4.69) is 8.75 Å². The van der Waals surface area contributed by atoms with Gasteiger partial charge >= 0.3 is 0 Å². The zero-order chi connectivity index (χ0) is 14.3. The molecule has 0 bridgehead atoms. The minimum absolute atomic E-state index is 0.0376. The highest BCUT2D eigenvalue weighted by Gasteiger charge is 2.18. The average Bonchev–Trinajstić information content (AvgIpc) is 2.98. The summed E-state index contributed by atoms with van der Waals surface area (Å²) in [5.74, 6) is 1.47. The highest BCUT2D eigenvalue weighted by atomic mass is 35.5. The lowest BCUT2D eigenvalue weighted by atomic mass is 10.1. The number of furan rings is 1. The van der Waals surface area contributed by atoms with Gasteiger partial charge in [-0.1, -0.05) is 23.2 Å². The Balaban J connectivity index is 2.14. The second-order valence-corrected chi connectivity index (χ2v) is 5.97. The molecule has 0 spiro atoms. The van der Waals surface area contributed by atoms with E-state index < -0.39 is 0 Å². The second kappa shape index (κ2) is 5.33. The Kier molecular flexibility index (Phi) is 3.69. The molecule has 4 nitrogen and oxygen atoms in total. The van der Waals surface area contributed by atoms with Crippen LogP contribution in [-0.2, 0) is 6.42 Å². The van der Waals surface area contributed by atoms with Crippen LogP contribution in [0.2, 0.25) is 10.0 Å². The van der Waals surface area contributed by atoms with Gasteiger partial charge in [0.05, 0.1) is 27.3 Å². The molecule has 0 amide bonds. The topological polar surface area (TPSA) is 64.9 Å². The highest BCUT2D eigenvalue weighted by molar-refractivity contribution is 7.00. The van der Waals surface area contributed by atoms with Gasteiger partial charge in [0.15, 0.2) is 0 Å². The summed E-state index contributed by atoms with van der Waals surface area (Å²) in [6.45, 7) is 1.93. The molecule has 0 saturated carbocycles. The van der Waals surface area contributed by atoms with E-state index in [-0.39, 0.29) is 6.04 Å². The van der Waals surface area contributed by atoms with E-state index in [0.717, 1.165) is 23.1 Å². The van der Waals surface area contributed by atoms with Gasteiger partial charge in [-0.05, 0) is 25.1 Å². The van der Waals surface area contributed by atoms with Gasteiger partial charge in [-0.2, -0.15) is 8.75 Å². The zero-order valence-electron chi connectivity index (χ0n) is 10.6. The summed E-state index contributed by atoms with van der Waals surface area (Å²) in [5, 5.41) is 0.988. The number of hydrogen-bond acceptors (Lipinski definition) is 5. The van der Waals surface area contributed by atoms with Gasteiger partial charge in [0.1, 0.15) is 22.6 Å². The summed E-state index contributed by atoms with van der Waals surface area (Å²) >= 11 is 13.5. The maximum atomic E-state index is 6.28. The van der Waals surface area contributed by atoms with E-state index >= 15 is 0 Å². The fraction of sp³-hybridized carbons (Fsp3) is 0.231. The van der Waals surface area contributed by atoms with Crippen LogP contribution in [0.4, 0.5) is 0 Å². The molecule has 0 radical (unpaired) electrons. The quantitative estimate of drug-likeness (QED) is 0.784. The summed E-state index contributed by atoms with van der Waals surface area (Å²) in [5.41, 5.74) is 7.79. The first kappa shape index (κ1) is 13.8. The third-order valence-electron chi connectivity index (χ3n) is 2.88. The Morgan fingerprint density at radius 3 is 2.75 bits per heavy atom. The van der Waals surface area contributed by atoms with Gasteiger partial charge in [-0.3, -0.25) is 0 Å². The summed E-state index contributed by atoms with van der Waals surface area (Å²) in [4.78, 5) is 0. The number of halogens is 2. The predicted molar refractivity (Wildman–Crippen MR) is 82.5 cm³/mol. The summed E-state index contributed by atoms with van der Waals surface area (Å²) in [7, 11) is 0. The van der Waals surface area contributed by atoms with Gasteiger partial charge in [0.25, 0.3) is 0 Å². The molecule has 3 rings (SSSR count). The third kappa shape index (κ3) is 2.42. The average molecular weight is 328 g/mol. The molecular formula is C13H11Cl2N3OS. The van der Waals surface area contributed by atoms with Crippen molar-refractivity contribution in [1.82, 2.24) is 8.75 Å². The summed E-state index contributed by atoms with van der Waals surface area (Å²) in [6, 6.07) is 5.47. The maximum Gasteiger partial charge on any atom is 0.138 e. The SMILES string of the molecule is CC(N)Cc1ccc(-c2c(Cl)cc(Cl)c3nsnc23)o1. The number of nitrogens with two attached hydrogens (primary N) is 1. The van der Waals surface area contributed by atoms with Gasteiger partial charge in [0, 0.05) is 12.5 Å². The van der Waals surface area contributed by atoms with Gasteiger partial charge in [0.2, 0.25) is 0 Å². The fourth-order valence-corrected chi connectivity index (χ4v) is 3.25. The first-order valence-corrected chi connectivity index (χ1v) is 7.50. The van der Waals surface area contributed by atoms with Crippen LogP contribution in [0, 0.1) is 0 Å². The fourth-order valence-electron chi connectivity index (χ4n) is 2.05. The van der Waals surface area contributed by atoms with E-state index in [4.69, 9.17) is 33.4 Å². The molecule has 1 atom stereocenters. The molecule has 0 aliphatic carbocycles. The normalized spacial score (nSPS) is 13.0. The second-order valence-electron chi connectivity index (χ2n) is 4.62. The Labute approximate surface area is 129 Å². The molecular weight excluding hydrogens is 317 g/mol. The van der Waals surface area contributed by atoms with E-state index in [9.17, 15) is 0 Å². The molecule has 0 aliphatic heterocycles. The van der Waals surface area contributed by atoms with Crippen molar-refractivity contribution in [1.29, 1.82) is 0 Å². The zero-order valence-corrected chi connectivity index (χ0v) is 12.9. The van der Waals surface area contributed by atoms with Crippen LogP contribution in [0.5, 0.6) is 0 Å². The largest absolute Gasteiger partial charge is 0.461 e. The van der Waals surface area contributed by atoms with E-state index in [1.165, 1.54) is 0 Å². The van der Waals surface area contributed by atoms with Crippen LogP contribution < -0.4 is 5.73 Å². The Hall–Kier alpha value is -1.14. The Morgan fingerprint density at radius 2 is 2.00 bits per heavy atom. The molecule has 2 N–H and O–H groups in total. The first-order chi connectivity index (χ1) is 9.56. The van der Waals surface area contributed by atoms with Crippen LogP contribution in [0.1, 0.15) is 12.7 Å². The van der Waals surface area contributed by atoms with Crippen molar-refractivity contribution in [3.63, 3.8) is 0 Å². The molecule has 1 aromatic carbocycles. The number of fused-ring (bicyclic) bond motifs is 1. The number of aromatic nitrogens is 2. The lowest BCUT2D eigenvalue weighted by Crippen LogP contribution is -2.17. The van der Waals surface area contributed by atoms with Crippen molar-refractivity contribution in [2.45, 2.75) is 19.4 Å². The van der Waals surface area contributed by atoms with Gasteiger partial charge < -0.3 is 10.2 Å². The lowest BCUT2D eigenvalue weighted by Gasteiger charge is -2.04. The molecule has 0 fully saturated rings.